The van der Waals surface area contributed by atoms with E-state index in [2.05, 4.69) is 4.98 Å². The van der Waals surface area contributed by atoms with Crippen LogP contribution in [0.1, 0.15) is 19.3 Å². The van der Waals surface area contributed by atoms with Gasteiger partial charge in [-0.05, 0) is 42.9 Å². The molecule has 1 saturated heterocycles. The molecule has 0 atom stereocenters. The summed E-state index contributed by atoms with van der Waals surface area (Å²) in [6, 6.07) is 9.65. The van der Waals surface area contributed by atoms with Gasteiger partial charge in [0.2, 0.25) is 0 Å². The maximum absolute atomic E-state index is 12.1. The predicted molar refractivity (Wildman–Crippen MR) is 88.8 cm³/mol. The van der Waals surface area contributed by atoms with E-state index in [9.17, 15) is 4.79 Å². The SMILES string of the molecule is O=C(OCCOc1ccnc2ccccc12)C1CC2(CCOC2)C1. The molecule has 2 aliphatic rings. The van der Waals surface area contributed by atoms with Gasteiger partial charge in [0.15, 0.2) is 0 Å². The molecule has 24 heavy (non-hydrogen) atoms. The van der Waals surface area contributed by atoms with E-state index in [-0.39, 0.29) is 23.9 Å². The summed E-state index contributed by atoms with van der Waals surface area (Å²) in [5.74, 6) is 0.700. The number of rotatable bonds is 5. The number of hydrogen-bond donors (Lipinski definition) is 0. The minimum absolute atomic E-state index is 0.0356. The molecule has 2 fully saturated rings. The van der Waals surface area contributed by atoms with Crippen LogP contribution in [0.5, 0.6) is 5.75 Å². The first-order valence-electron chi connectivity index (χ1n) is 8.47. The van der Waals surface area contributed by atoms with E-state index in [4.69, 9.17) is 14.2 Å². The largest absolute Gasteiger partial charge is 0.489 e. The van der Waals surface area contributed by atoms with Crippen molar-refractivity contribution in [3.63, 3.8) is 0 Å². The van der Waals surface area contributed by atoms with Gasteiger partial charge in [0, 0.05) is 18.2 Å². The highest BCUT2D eigenvalue weighted by molar-refractivity contribution is 5.84. The van der Waals surface area contributed by atoms with Gasteiger partial charge in [-0.3, -0.25) is 9.78 Å². The second kappa shape index (κ2) is 6.40. The molecular weight excluding hydrogens is 306 g/mol. The van der Waals surface area contributed by atoms with Gasteiger partial charge in [0.1, 0.15) is 19.0 Å². The lowest BCUT2D eigenvalue weighted by molar-refractivity contribution is -0.157. The third-order valence-corrected chi connectivity index (χ3v) is 5.07. The van der Waals surface area contributed by atoms with Crippen molar-refractivity contribution in [3.8, 4) is 5.75 Å². The second-order valence-electron chi connectivity index (χ2n) is 6.75. The van der Waals surface area contributed by atoms with Crippen molar-refractivity contribution >= 4 is 16.9 Å². The van der Waals surface area contributed by atoms with Gasteiger partial charge in [0.05, 0.1) is 18.0 Å². The lowest BCUT2D eigenvalue weighted by Crippen LogP contribution is -2.42. The van der Waals surface area contributed by atoms with Crippen LogP contribution in [0.15, 0.2) is 36.5 Å². The maximum Gasteiger partial charge on any atom is 0.309 e. The highest BCUT2D eigenvalue weighted by atomic mass is 16.6. The Bertz CT molecular complexity index is 726. The van der Waals surface area contributed by atoms with Crippen LogP contribution < -0.4 is 4.74 Å². The van der Waals surface area contributed by atoms with Gasteiger partial charge >= 0.3 is 5.97 Å². The normalized spacial score (nSPS) is 25.6. The molecule has 5 nitrogen and oxygen atoms in total. The van der Waals surface area contributed by atoms with Crippen molar-refractivity contribution in [3.05, 3.63) is 36.5 Å². The molecule has 2 heterocycles. The van der Waals surface area contributed by atoms with Gasteiger partial charge in [-0.25, -0.2) is 0 Å². The average Bonchev–Trinajstić information content (AvgIpc) is 3.07. The van der Waals surface area contributed by atoms with E-state index >= 15 is 0 Å². The fourth-order valence-corrected chi connectivity index (χ4v) is 3.73. The molecular formula is C19H21NO4. The van der Waals surface area contributed by atoms with E-state index in [0.29, 0.717) is 6.61 Å². The quantitative estimate of drug-likeness (QED) is 0.624. The molecule has 1 aromatic carbocycles. The minimum Gasteiger partial charge on any atom is -0.489 e. The molecule has 0 amide bonds. The number of pyridine rings is 1. The zero-order chi connectivity index (χ0) is 16.4. The Balaban J connectivity index is 1.24. The zero-order valence-corrected chi connectivity index (χ0v) is 13.6. The number of benzene rings is 1. The highest BCUT2D eigenvalue weighted by Gasteiger charge is 2.50. The number of para-hydroxylation sites is 1. The molecule has 0 bridgehead atoms. The fraction of sp³-hybridized carbons (Fsp3) is 0.474. The summed E-state index contributed by atoms with van der Waals surface area (Å²) in [6.45, 7) is 2.25. The van der Waals surface area contributed by atoms with Crippen molar-refractivity contribution in [2.45, 2.75) is 19.3 Å². The van der Waals surface area contributed by atoms with Crippen LogP contribution in [-0.2, 0) is 14.3 Å². The predicted octanol–water partition coefficient (Wildman–Crippen LogP) is 2.97. The van der Waals surface area contributed by atoms with Crippen LogP contribution in [-0.4, -0.2) is 37.4 Å². The molecule has 1 aliphatic carbocycles. The number of nitrogens with zero attached hydrogens (tertiary/aromatic N) is 1. The number of carbonyl (C=O) groups is 1. The monoisotopic (exact) mass is 327 g/mol. The summed E-state index contributed by atoms with van der Waals surface area (Å²) >= 11 is 0. The molecule has 2 aromatic rings. The summed E-state index contributed by atoms with van der Waals surface area (Å²) < 4.78 is 16.6. The first-order valence-corrected chi connectivity index (χ1v) is 8.47. The van der Waals surface area contributed by atoms with Crippen LogP contribution in [0.3, 0.4) is 0 Å². The molecule has 1 spiro atoms. The fourth-order valence-electron chi connectivity index (χ4n) is 3.73. The van der Waals surface area contributed by atoms with E-state index in [1.165, 1.54) is 0 Å². The Morgan fingerprint density at radius 3 is 2.96 bits per heavy atom. The zero-order valence-electron chi connectivity index (χ0n) is 13.6. The Morgan fingerprint density at radius 1 is 1.25 bits per heavy atom. The Labute approximate surface area is 140 Å². The third kappa shape index (κ3) is 2.96. The molecule has 0 unspecified atom stereocenters. The van der Waals surface area contributed by atoms with Gasteiger partial charge < -0.3 is 14.2 Å². The Hall–Kier alpha value is -2.14. The van der Waals surface area contributed by atoms with Crippen LogP contribution >= 0.6 is 0 Å². The van der Waals surface area contributed by atoms with Crippen molar-refractivity contribution in [2.24, 2.45) is 11.3 Å². The molecule has 126 valence electrons. The van der Waals surface area contributed by atoms with Crippen molar-refractivity contribution < 1.29 is 19.0 Å². The maximum atomic E-state index is 12.1. The summed E-state index contributed by atoms with van der Waals surface area (Å²) in [5.41, 5.74) is 1.15. The van der Waals surface area contributed by atoms with E-state index in [0.717, 1.165) is 49.1 Å². The van der Waals surface area contributed by atoms with E-state index in [1.807, 2.05) is 30.3 Å². The molecule has 1 saturated carbocycles. The lowest BCUT2D eigenvalue weighted by Gasteiger charge is -2.42. The first kappa shape index (κ1) is 15.4. The summed E-state index contributed by atoms with van der Waals surface area (Å²) in [7, 11) is 0. The van der Waals surface area contributed by atoms with E-state index in [1.54, 1.807) is 6.20 Å². The number of aromatic nitrogens is 1. The van der Waals surface area contributed by atoms with Crippen LogP contribution in [0.25, 0.3) is 10.9 Å². The van der Waals surface area contributed by atoms with E-state index < -0.39 is 0 Å². The number of esters is 1. The first-order chi connectivity index (χ1) is 11.8. The van der Waals surface area contributed by atoms with Gasteiger partial charge in [0.25, 0.3) is 0 Å². The molecule has 4 rings (SSSR count). The highest BCUT2D eigenvalue weighted by Crippen LogP contribution is 2.51. The van der Waals surface area contributed by atoms with Crippen LogP contribution in [0.4, 0.5) is 0 Å². The number of ether oxygens (including phenoxy) is 3. The Morgan fingerprint density at radius 2 is 2.12 bits per heavy atom. The average molecular weight is 327 g/mol. The Kier molecular flexibility index (Phi) is 4.10. The standard InChI is InChI=1S/C19H21NO4/c21-18(14-11-19(12-14)6-8-22-13-19)24-10-9-23-17-5-7-20-16-4-2-1-3-15(16)17/h1-5,7,14H,6,8-13H2. The summed E-state index contributed by atoms with van der Waals surface area (Å²) in [6.07, 6.45) is 4.61. The molecule has 5 heteroatoms. The third-order valence-electron chi connectivity index (χ3n) is 5.07. The van der Waals surface area contributed by atoms with Gasteiger partial charge in [-0.1, -0.05) is 12.1 Å². The van der Waals surface area contributed by atoms with Crippen molar-refractivity contribution in [1.29, 1.82) is 0 Å². The second-order valence-corrected chi connectivity index (χ2v) is 6.75. The van der Waals surface area contributed by atoms with Crippen LogP contribution in [0, 0.1) is 11.3 Å². The molecule has 1 aliphatic heterocycles. The van der Waals surface area contributed by atoms with Crippen molar-refractivity contribution in [1.82, 2.24) is 4.98 Å². The van der Waals surface area contributed by atoms with Crippen LogP contribution in [0.2, 0.25) is 0 Å². The molecule has 0 N–H and O–H groups in total. The van der Waals surface area contributed by atoms with Gasteiger partial charge in [-0.15, -0.1) is 0 Å². The summed E-state index contributed by atoms with van der Waals surface area (Å²) in [4.78, 5) is 16.4. The smallest absolute Gasteiger partial charge is 0.309 e. The van der Waals surface area contributed by atoms with Gasteiger partial charge in [-0.2, -0.15) is 0 Å². The topological polar surface area (TPSA) is 57.7 Å². The summed E-state index contributed by atoms with van der Waals surface area (Å²) in [5, 5.41) is 0.966. The number of fused-ring (bicyclic) bond motifs is 1. The lowest BCUT2D eigenvalue weighted by atomic mass is 9.61. The molecule has 0 radical (unpaired) electrons. The number of hydrogen-bond acceptors (Lipinski definition) is 5. The number of carbonyl (C=O) groups excluding carboxylic acids is 1. The molecule has 1 aromatic heterocycles. The minimum atomic E-state index is -0.101. The van der Waals surface area contributed by atoms with Crippen molar-refractivity contribution in [2.75, 3.05) is 26.4 Å².